The van der Waals surface area contributed by atoms with Crippen molar-refractivity contribution in [3.8, 4) is 0 Å². The van der Waals surface area contributed by atoms with Crippen LogP contribution < -0.4 is 5.32 Å². The summed E-state index contributed by atoms with van der Waals surface area (Å²) in [4.78, 5) is 23.8. The van der Waals surface area contributed by atoms with Crippen LogP contribution in [0.4, 0.5) is 5.00 Å². The van der Waals surface area contributed by atoms with Gasteiger partial charge in [-0.1, -0.05) is 30.3 Å². The van der Waals surface area contributed by atoms with Gasteiger partial charge in [-0.25, -0.2) is 4.79 Å². The molecule has 0 aliphatic rings. The molecule has 110 valence electrons. The lowest BCUT2D eigenvalue weighted by Gasteiger charge is -2.04. The summed E-state index contributed by atoms with van der Waals surface area (Å²) in [6, 6.07) is 11.5. The molecular formula is C15H15NO3S2. The highest BCUT2D eigenvalue weighted by molar-refractivity contribution is 7.99. The molecule has 1 amide bonds. The number of carbonyl (C=O) groups is 2. The molecular weight excluding hydrogens is 306 g/mol. The zero-order valence-corrected chi connectivity index (χ0v) is 13.1. The monoisotopic (exact) mass is 321 g/mol. The van der Waals surface area contributed by atoms with E-state index in [0.29, 0.717) is 10.8 Å². The first-order valence-electron chi connectivity index (χ1n) is 6.31. The van der Waals surface area contributed by atoms with Gasteiger partial charge in [0, 0.05) is 10.6 Å². The Balaban J connectivity index is 1.86. The molecule has 1 heterocycles. The first-order chi connectivity index (χ1) is 10.1. The average Bonchev–Trinajstić information content (AvgIpc) is 2.81. The lowest BCUT2D eigenvalue weighted by molar-refractivity contribution is -0.113. The molecule has 0 aliphatic heterocycles. The van der Waals surface area contributed by atoms with Crippen LogP contribution >= 0.6 is 23.1 Å². The maximum atomic E-state index is 11.9. The Morgan fingerprint density at radius 3 is 2.67 bits per heavy atom. The van der Waals surface area contributed by atoms with Gasteiger partial charge in [0.1, 0.15) is 5.00 Å². The normalized spacial score (nSPS) is 10.3. The second kappa shape index (κ2) is 7.28. The van der Waals surface area contributed by atoms with Crippen molar-refractivity contribution < 1.29 is 14.7 Å². The van der Waals surface area contributed by atoms with E-state index in [4.69, 9.17) is 5.11 Å². The van der Waals surface area contributed by atoms with E-state index in [1.165, 1.54) is 23.1 Å². The Labute approximate surface area is 131 Å². The number of thioether (sulfide) groups is 1. The molecule has 6 heteroatoms. The number of nitrogens with one attached hydrogen (secondary N) is 1. The van der Waals surface area contributed by atoms with Crippen LogP contribution in [-0.4, -0.2) is 22.7 Å². The molecule has 2 aromatic rings. The van der Waals surface area contributed by atoms with Gasteiger partial charge < -0.3 is 10.4 Å². The van der Waals surface area contributed by atoms with Crippen LogP contribution in [0, 0.1) is 6.92 Å². The molecule has 0 saturated carbocycles. The second-order valence-corrected chi connectivity index (χ2v) is 6.67. The quantitative estimate of drug-likeness (QED) is 0.852. The fourth-order valence-electron chi connectivity index (χ4n) is 1.76. The van der Waals surface area contributed by atoms with Crippen LogP contribution in [0.2, 0.25) is 0 Å². The number of thiophene rings is 1. The van der Waals surface area contributed by atoms with Crippen LogP contribution in [0.3, 0.4) is 0 Å². The lowest BCUT2D eigenvalue weighted by Crippen LogP contribution is -2.15. The molecule has 0 fully saturated rings. The predicted octanol–water partition coefficient (Wildman–Crippen LogP) is 3.63. The first kappa shape index (κ1) is 15.6. The van der Waals surface area contributed by atoms with Crippen molar-refractivity contribution in [1.29, 1.82) is 0 Å². The molecule has 1 aromatic carbocycles. The molecule has 21 heavy (non-hydrogen) atoms. The minimum Gasteiger partial charge on any atom is -0.478 e. The predicted molar refractivity (Wildman–Crippen MR) is 87.2 cm³/mol. The van der Waals surface area contributed by atoms with Crippen molar-refractivity contribution in [2.24, 2.45) is 0 Å². The topological polar surface area (TPSA) is 66.4 Å². The van der Waals surface area contributed by atoms with Gasteiger partial charge in [0.15, 0.2) is 0 Å². The van der Waals surface area contributed by atoms with Crippen molar-refractivity contribution >= 4 is 40.0 Å². The summed E-state index contributed by atoms with van der Waals surface area (Å²) in [5.41, 5.74) is 1.31. The van der Waals surface area contributed by atoms with Gasteiger partial charge in [-0.05, 0) is 18.6 Å². The number of rotatable bonds is 6. The standard InChI is InChI=1S/C15H15NO3S2/c1-10-7-12(15(18)19)14(21-10)16-13(17)9-20-8-11-5-3-2-4-6-11/h2-7H,8-9H2,1H3,(H,16,17)(H,18,19). The number of hydrogen-bond donors (Lipinski definition) is 2. The van der Waals surface area contributed by atoms with Crippen molar-refractivity contribution in [3.05, 3.63) is 52.4 Å². The molecule has 2 rings (SSSR count). The van der Waals surface area contributed by atoms with Crippen molar-refractivity contribution in [3.63, 3.8) is 0 Å². The van der Waals surface area contributed by atoms with E-state index < -0.39 is 5.97 Å². The number of aryl methyl sites for hydroxylation is 1. The minimum absolute atomic E-state index is 0.152. The van der Waals surface area contributed by atoms with E-state index in [1.54, 1.807) is 6.07 Å². The molecule has 4 nitrogen and oxygen atoms in total. The highest BCUT2D eigenvalue weighted by Gasteiger charge is 2.15. The van der Waals surface area contributed by atoms with Crippen LogP contribution in [0.5, 0.6) is 0 Å². The van der Waals surface area contributed by atoms with Crippen molar-refractivity contribution in [1.82, 2.24) is 0 Å². The first-order valence-corrected chi connectivity index (χ1v) is 8.28. The molecule has 2 N–H and O–H groups in total. The van der Waals surface area contributed by atoms with Crippen LogP contribution in [0.15, 0.2) is 36.4 Å². The van der Waals surface area contributed by atoms with Gasteiger partial charge in [0.05, 0.1) is 11.3 Å². The molecule has 0 bridgehead atoms. The molecule has 0 atom stereocenters. The van der Waals surface area contributed by atoms with Gasteiger partial charge in [-0.2, -0.15) is 0 Å². The third kappa shape index (κ3) is 4.61. The highest BCUT2D eigenvalue weighted by Crippen LogP contribution is 2.27. The molecule has 0 aliphatic carbocycles. The molecule has 0 spiro atoms. The van der Waals surface area contributed by atoms with Gasteiger partial charge in [0.2, 0.25) is 5.91 Å². The summed E-state index contributed by atoms with van der Waals surface area (Å²) in [6.07, 6.45) is 0. The number of hydrogen-bond acceptors (Lipinski definition) is 4. The fraction of sp³-hybridized carbons (Fsp3) is 0.200. The summed E-state index contributed by atoms with van der Waals surface area (Å²) in [6.45, 7) is 1.82. The Hall–Kier alpha value is -1.79. The third-order valence-corrected chi connectivity index (χ3v) is 4.65. The number of anilines is 1. The van der Waals surface area contributed by atoms with Gasteiger partial charge >= 0.3 is 5.97 Å². The van der Waals surface area contributed by atoms with Crippen LogP contribution in [0.1, 0.15) is 20.8 Å². The number of aromatic carboxylic acids is 1. The number of carboxylic acid groups (broad SMARTS) is 1. The Morgan fingerprint density at radius 2 is 2.00 bits per heavy atom. The van der Waals surface area contributed by atoms with Gasteiger partial charge in [-0.3, -0.25) is 4.79 Å². The Bertz CT molecular complexity index is 638. The smallest absolute Gasteiger partial charge is 0.338 e. The Morgan fingerprint density at radius 1 is 1.29 bits per heavy atom. The number of benzene rings is 1. The minimum atomic E-state index is -1.02. The maximum absolute atomic E-state index is 11.9. The largest absolute Gasteiger partial charge is 0.478 e. The van der Waals surface area contributed by atoms with E-state index in [9.17, 15) is 9.59 Å². The lowest BCUT2D eigenvalue weighted by atomic mass is 10.2. The van der Waals surface area contributed by atoms with Gasteiger partial charge in [-0.15, -0.1) is 23.1 Å². The maximum Gasteiger partial charge on any atom is 0.338 e. The SMILES string of the molecule is Cc1cc(C(=O)O)c(NC(=O)CSCc2ccccc2)s1. The second-order valence-electron chi connectivity index (χ2n) is 4.43. The van der Waals surface area contributed by atoms with Gasteiger partial charge in [0.25, 0.3) is 0 Å². The third-order valence-electron chi connectivity index (χ3n) is 2.68. The average molecular weight is 321 g/mol. The summed E-state index contributed by atoms with van der Waals surface area (Å²) in [5.74, 6) is -0.152. The van der Waals surface area contributed by atoms with Crippen molar-refractivity contribution in [2.75, 3.05) is 11.1 Å². The molecule has 1 aromatic heterocycles. The van der Waals surface area contributed by atoms with Crippen LogP contribution in [0.25, 0.3) is 0 Å². The zero-order chi connectivity index (χ0) is 15.2. The number of carbonyl (C=O) groups excluding carboxylic acids is 1. The number of amides is 1. The molecule has 0 saturated heterocycles. The summed E-state index contributed by atoms with van der Waals surface area (Å²) < 4.78 is 0. The van der Waals surface area contributed by atoms with E-state index in [1.807, 2.05) is 37.3 Å². The Kier molecular flexibility index (Phi) is 5.41. The molecule has 0 unspecified atom stereocenters. The van der Waals surface area contributed by atoms with Crippen molar-refractivity contribution in [2.45, 2.75) is 12.7 Å². The summed E-state index contributed by atoms with van der Waals surface area (Å²) >= 11 is 2.78. The van der Waals surface area contributed by atoms with E-state index in [-0.39, 0.29) is 11.5 Å². The molecule has 0 radical (unpaired) electrons. The number of carboxylic acids is 1. The summed E-state index contributed by atoms with van der Waals surface area (Å²) in [7, 11) is 0. The van der Waals surface area contributed by atoms with E-state index >= 15 is 0 Å². The zero-order valence-electron chi connectivity index (χ0n) is 11.5. The van der Waals surface area contributed by atoms with E-state index in [0.717, 1.165) is 16.2 Å². The van der Waals surface area contributed by atoms with Crippen LogP contribution in [-0.2, 0) is 10.5 Å². The summed E-state index contributed by atoms with van der Waals surface area (Å²) in [5, 5.41) is 12.2. The fourth-order valence-corrected chi connectivity index (χ4v) is 3.47. The highest BCUT2D eigenvalue weighted by atomic mass is 32.2. The van der Waals surface area contributed by atoms with E-state index in [2.05, 4.69) is 5.32 Å².